The quantitative estimate of drug-likeness (QED) is 0.856. The van der Waals surface area contributed by atoms with E-state index in [9.17, 15) is 4.79 Å². The van der Waals surface area contributed by atoms with Crippen LogP contribution in [0.15, 0.2) is 21.5 Å². The molecule has 0 saturated heterocycles. The molecule has 1 aromatic rings. The fourth-order valence-electron chi connectivity index (χ4n) is 1.14. The largest absolute Gasteiger partial charge is 0.328 e. The first-order valence-corrected chi connectivity index (χ1v) is 4.94. The topological polar surface area (TPSA) is 48.0 Å². The molecule has 1 unspecified atom stereocenters. The van der Waals surface area contributed by atoms with Gasteiger partial charge >= 0.3 is 0 Å². The van der Waals surface area contributed by atoms with Crippen molar-refractivity contribution in [2.75, 3.05) is 6.54 Å². The van der Waals surface area contributed by atoms with Crippen LogP contribution in [0.4, 0.5) is 0 Å². The SMILES string of the molecule is Cc1cc(Br)cn(C(C)CN)c1=O. The lowest BCUT2D eigenvalue weighted by Gasteiger charge is -2.13. The second kappa shape index (κ2) is 4.07. The van der Waals surface area contributed by atoms with Gasteiger partial charge in [0.05, 0.1) is 0 Å². The lowest BCUT2D eigenvalue weighted by atomic mass is 10.2. The van der Waals surface area contributed by atoms with Crippen molar-refractivity contribution in [3.8, 4) is 0 Å². The highest BCUT2D eigenvalue weighted by atomic mass is 79.9. The van der Waals surface area contributed by atoms with E-state index in [1.54, 1.807) is 17.7 Å². The van der Waals surface area contributed by atoms with Crippen LogP contribution in [0, 0.1) is 6.92 Å². The number of nitrogens with zero attached hydrogens (tertiary/aromatic N) is 1. The van der Waals surface area contributed by atoms with Gasteiger partial charge in [0, 0.05) is 28.8 Å². The summed E-state index contributed by atoms with van der Waals surface area (Å²) in [5, 5.41) is 0. The van der Waals surface area contributed by atoms with Crippen molar-refractivity contribution < 1.29 is 0 Å². The molecule has 0 fully saturated rings. The minimum absolute atomic E-state index is 0.0288. The summed E-state index contributed by atoms with van der Waals surface area (Å²) in [6.07, 6.45) is 1.77. The Kier molecular flexibility index (Phi) is 3.27. The molecule has 1 heterocycles. The van der Waals surface area contributed by atoms with Crippen molar-refractivity contribution in [1.82, 2.24) is 4.57 Å². The molecular formula is C9H13BrN2O. The second-order valence-corrected chi connectivity index (χ2v) is 4.05. The van der Waals surface area contributed by atoms with Crippen LogP contribution in [0.1, 0.15) is 18.5 Å². The molecule has 0 aliphatic heterocycles. The number of aromatic nitrogens is 1. The molecule has 1 rings (SSSR count). The number of rotatable bonds is 2. The number of hydrogen-bond donors (Lipinski definition) is 1. The maximum absolute atomic E-state index is 11.6. The second-order valence-electron chi connectivity index (χ2n) is 3.14. The molecule has 0 aromatic carbocycles. The van der Waals surface area contributed by atoms with Crippen LogP contribution < -0.4 is 11.3 Å². The number of aryl methyl sites for hydroxylation is 1. The Labute approximate surface area is 85.7 Å². The normalized spacial score (nSPS) is 12.9. The Morgan fingerprint density at radius 2 is 2.31 bits per heavy atom. The highest BCUT2D eigenvalue weighted by Gasteiger charge is 2.06. The highest BCUT2D eigenvalue weighted by molar-refractivity contribution is 9.10. The molecule has 72 valence electrons. The van der Waals surface area contributed by atoms with Gasteiger partial charge in [-0.25, -0.2) is 0 Å². The van der Waals surface area contributed by atoms with Gasteiger partial charge in [-0.2, -0.15) is 0 Å². The van der Waals surface area contributed by atoms with E-state index in [0.29, 0.717) is 6.54 Å². The average Bonchev–Trinajstić information content (AvgIpc) is 2.10. The Bertz CT molecular complexity index is 359. The molecule has 0 spiro atoms. The summed E-state index contributed by atoms with van der Waals surface area (Å²) >= 11 is 3.34. The molecule has 1 aromatic heterocycles. The summed E-state index contributed by atoms with van der Waals surface area (Å²) in [4.78, 5) is 11.6. The van der Waals surface area contributed by atoms with Crippen LogP contribution >= 0.6 is 15.9 Å². The standard InChI is InChI=1S/C9H13BrN2O/c1-6-3-8(10)5-12(9(6)13)7(2)4-11/h3,5,7H,4,11H2,1-2H3. The number of halogens is 1. The molecular weight excluding hydrogens is 232 g/mol. The summed E-state index contributed by atoms with van der Waals surface area (Å²) in [5.41, 5.74) is 6.26. The summed E-state index contributed by atoms with van der Waals surface area (Å²) < 4.78 is 2.56. The van der Waals surface area contributed by atoms with E-state index in [2.05, 4.69) is 15.9 Å². The van der Waals surface area contributed by atoms with Crippen molar-refractivity contribution in [2.45, 2.75) is 19.9 Å². The van der Waals surface area contributed by atoms with Gasteiger partial charge in [-0.15, -0.1) is 0 Å². The van der Waals surface area contributed by atoms with Crippen LogP contribution in [0.25, 0.3) is 0 Å². The van der Waals surface area contributed by atoms with Crippen LogP contribution in [0.3, 0.4) is 0 Å². The van der Waals surface area contributed by atoms with E-state index in [0.717, 1.165) is 10.0 Å². The summed E-state index contributed by atoms with van der Waals surface area (Å²) in [6, 6.07) is 1.85. The third kappa shape index (κ3) is 2.19. The van der Waals surface area contributed by atoms with Crippen molar-refractivity contribution >= 4 is 15.9 Å². The van der Waals surface area contributed by atoms with Crippen LogP contribution in [0.5, 0.6) is 0 Å². The summed E-state index contributed by atoms with van der Waals surface area (Å²) in [7, 11) is 0. The first-order valence-electron chi connectivity index (χ1n) is 4.14. The predicted octanol–water partition coefficient (Wildman–Crippen LogP) is 1.44. The molecule has 2 N–H and O–H groups in total. The van der Waals surface area contributed by atoms with Crippen LogP contribution in [0.2, 0.25) is 0 Å². The van der Waals surface area contributed by atoms with Gasteiger partial charge in [0.2, 0.25) is 0 Å². The fourth-order valence-corrected chi connectivity index (χ4v) is 1.71. The third-order valence-electron chi connectivity index (χ3n) is 2.00. The molecule has 0 aliphatic rings. The van der Waals surface area contributed by atoms with Gasteiger partial charge in [0.15, 0.2) is 0 Å². The molecule has 0 amide bonds. The zero-order valence-corrected chi connectivity index (χ0v) is 9.34. The molecule has 0 radical (unpaired) electrons. The lowest BCUT2D eigenvalue weighted by Crippen LogP contribution is -2.28. The van der Waals surface area contributed by atoms with Crippen molar-refractivity contribution in [3.05, 3.63) is 32.7 Å². The smallest absolute Gasteiger partial charge is 0.253 e. The molecule has 0 aliphatic carbocycles. The minimum Gasteiger partial charge on any atom is -0.328 e. The van der Waals surface area contributed by atoms with Gasteiger partial charge in [-0.3, -0.25) is 4.79 Å². The van der Waals surface area contributed by atoms with Crippen molar-refractivity contribution in [1.29, 1.82) is 0 Å². The van der Waals surface area contributed by atoms with E-state index >= 15 is 0 Å². The van der Waals surface area contributed by atoms with Gasteiger partial charge < -0.3 is 10.3 Å². The van der Waals surface area contributed by atoms with Crippen molar-refractivity contribution in [2.24, 2.45) is 5.73 Å². The molecule has 13 heavy (non-hydrogen) atoms. The zero-order valence-electron chi connectivity index (χ0n) is 7.75. The average molecular weight is 245 g/mol. The third-order valence-corrected chi connectivity index (χ3v) is 2.44. The first-order chi connectivity index (χ1) is 6.06. The number of nitrogens with two attached hydrogens (primary N) is 1. The molecule has 4 heteroatoms. The highest BCUT2D eigenvalue weighted by Crippen LogP contribution is 2.10. The fraction of sp³-hybridized carbons (Fsp3) is 0.444. The molecule has 3 nitrogen and oxygen atoms in total. The lowest BCUT2D eigenvalue weighted by molar-refractivity contribution is 0.536. The van der Waals surface area contributed by atoms with E-state index in [-0.39, 0.29) is 11.6 Å². The minimum atomic E-state index is 0.0288. The summed E-state index contributed by atoms with van der Waals surface area (Å²) in [6.45, 7) is 4.19. The van der Waals surface area contributed by atoms with Crippen molar-refractivity contribution in [3.63, 3.8) is 0 Å². The van der Waals surface area contributed by atoms with E-state index in [4.69, 9.17) is 5.73 Å². The maximum Gasteiger partial charge on any atom is 0.253 e. The van der Waals surface area contributed by atoms with Crippen LogP contribution in [-0.4, -0.2) is 11.1 Å². The maximum atomic E-state index is 11.6. The zero-order chi connectivity index (χ0) is 10.0. The van der Waals surface area contributed by atoms with Gasteiger partial charge in [-0.05, 0) is 35.8 Å². The Morgan fingerprint density at radius 3 is 2.85 bits per heavy atom. The van der Waals surface area contributed by atoms with Crippen LogP contribution in [-0.2, 0) is 0 Å². The van der Waals surface area contributed by atoms with E-state index < -0.39 is 0 Å². The first kappa shape index (κ1) is 10.5. The Hall–Kier alpha value is -0.610. The molecule has 0 bridgehead atoms. The Morgan fingerprint density at radius 1 is 1.69 bits per heavy atom. The van der Waals surface area contributed by atoms with Gasteiger partial charge in [0.1, 0.15) is 0 Å². The monoisotopic (exact) mass is 244 g/mol. The summed E-state index contributed by atoms with van der Waals surface area (Å²) in [5.74, 6) is 0. The number of pyridine rings is 1. The Balaban J connectivity index is 3.28. The van der Waals surface area contributed by atoms with Gasteiger partial charge in [-0.1, -0.05) is 0 Å². The van der Waals surface area contributed by atoms with E-state index in [1.807, 2.05) is 13.0 Å². The van der Waals surface area contributed by atoms with E-state index in [1.165, 1.54) is 0 Å². The predicted molar refractivity (Wildman–Crippen MR) is 56.9 cm³/mol. The number of hydrogen-bond acceptors (Lipinski definition) is 2. The molecule has 0 saturated carbocycles. The van der Waals surface area contributed by atoms with Gasteiger partial charge in [0.25, 0.3) is 5.56 Å². The molecule has 1 atom stereocenters.